The fourth-order valence-corrected chi connectivity index (χ4v) is 2.70. The lowest BCUT2D eigenvalue weighted by atomic mass is 9.99. The quantitative estimate of drug-likeness (QED) is 0.817. The summed E-state index contributed by atoms with van der Waals surface area (Å²) in [6.45, 7) is 2.29. The van der Waals surface area contributed by atoms with Crippen LogP contribution in [0, 0.1) is 11.8 Å². The molecule has 1 fully saturated rings. The van der Waals surface area contributed by atoms with E-state index < -0.39 is 0 Å². The second-order valence-electron chi connectivity index (χ2n) is 4.59. The zero-order chi connectivity index (χ0) is 11.0. The van der Waals surface area contributed by atoms with Crippen molar-refractivity contribution in [3.05, 3.63) is 30.1 Å². The standard InChI is InChI=1S/C13H16N2O/c1-16-13-4-12(7-15-8-13)9-2-10-5-14-6-11(10)3-9/h2,4,7-8,10-11,14H,3,5-6H2,1H3/t10-,11+/m1/s1. The van der Waals surface area contributed by atoms with Gasteiger partial charge in [-0.25, -0.2) is 0 Å². The summed E-state index contributed by atoms with van der Waals surface area (Å²) in [5, 5.41) is 3.43. The van der Waals surface area contributed by atoms with Crippen LogP contribution in [0.4, 0.5) is 0 Å². The highest BCUT2D eigenvalue weighted by molar-refractivity contribution is 5.68. The van der Waals surface area contributed by atoms with Gasteiger partial charge in [-0.15, -0.1) is 0 Å². The molecule has 1 aliphatic heterocycles. The highest BCUT2D eigenvalue weighted by Gasteiger charge is 2.31. The Hall–Kier alpha value is -1.35. The number of pyridine rings is 1. The van der Waals surface area contributed by atoms with Gasteiger partial charge in [0.25, 0.3) is 0 Å². The Bertz CT molecular complexity index is 428. The van der Waals surface area contributed by atoms with Crippen LogP contribution in [0.3, 0.4) is 0 Å². The Morgan fingerprint density at radius 3 is 3.12 bits per heavy atom. The lowest BCUT2D eigenvalue weighted by Crippen LogP contribution is -2.09. The molecule has 1 aliphatic carbocycles. The third-order valence-electron chi connectivity index (χ3n) is 3.61. The van der Waals surface area contributed by atoms with Crippen molar-refractivity contribution in [3.8, 4) is 5.75 Å². The average molecular weight is 216 g/mol. The SMILES string of the molecule is COc1cncc(C2=C[C@@H]3CNC[C@@H]3C2)c1. The molecule has 3 rings (SSSR count). The van der Waals surface area contributed by atoms with Gasteiger partial charge in [0.15, 0.2) is 0 Å². The van der Waals surface area contributed by atoms with E-state index in [0.717, 1.165) is 30.7 Å². The fraction of sp³-hybridized carbons (Fsp3) is 0.462. The van der Waals surface area contributed by atoms with Gasteiger partial charge < -0.3 is 10.1 Å². The van der Waals surface area contributed by atoms with E-state index in [1.165, 1.54) is 17.6 Å². The molecule has 0 amide bonds. The van der Waals surface area contributed by atoms with Gasteiger partial charge in [-0.2, -0.15) is 0 Å². The molecule has 1 saturated heterocycles. The number of nitrogens with one attached hydrogen (secondary N) is 1. The predicted molar refractivity (Wildman–Crippen MR) is 63.2 cm³/mol. The maximum atomic E-state index is 5.21. The molecule has 3 nitrogen and oxygen atoms in total. The Labute approximate surface area is 95.5 Å². The van der Waals surface area contributed by atoms with Crippen molar-refractivity contribution < 1.29 is 4.74 Å². The highest BCUT2D eigenvalue weighted by atomic mass is 16.5. The summed E-state index contributed by atoms with van der Waals surface area (Å²) in [6, 6.07) is 2.08. The molecule has 2 atom stereocenters. The second kappa shape index (κ2) is 3.91. The lowest BCUT2D eigenvalue weighted by Gasteiger charge is -2.07. The van der Waals surface area contributed by atoms with E-state index in [1.54, 1.807) is 13.3 Å². The number of hydrogen-bond donors (Lipinski definition) is 1. The van der Waals surface area contributed by atoms with Crippen molar-refractivity contribution in [2.24, 2.45) is 11.8 Å². The normalized spacial score (nSPS) is 27.7. The number of aromatic nitrogens is 1. The molecule has 3 heteroatoms. The Morgan fingerprint density at radius 2 is 2.31 bits per heavy atom. The number of hydrogen-bond acceptors (Lipinski definition) is 3. The van der Waals surface area contributed by atoms with Gasteiger partial charge in [0.05, 0.1) is 13.3 Å². The lowest BCUT2D eigenvalue weighted by molar-refractivity contribution is 0.412. The van der Waals surface area contributed by atoms with Crippen LogP contribution in [0.2, 0.25) is 0 Å². The van der Waals surface area contributed by atoms with E-state index in [4.69, 9.17) is 4.74 Å². The number of methoxy groups -OCH3 is 1. The molecule has 1 N–H and O–H groups in total. The molecule has 16 heavy (non-hydrogen) atoms. The fourth-order valence-electron chi connectivity index (χ4n) is 2.70. The van der Waals surface area contributed by atoms with Crippen LogP contribution in [0.5, 0.6) is 5.75 Å². The van der Waals surface area contributed by atoms with E-state index >= 15 is 0 Å². The molecule has 0 radical (unpaired) electrons. The van der Waals surface area contributed by atoms with Crippen molar-refractivity contribution in [3.63, 3.8) is 0 Å². The van der Waals surface area contributed by atoms with E-state index in [2.05, 4.69) is 22.4 Å². The topological polar surface area (TPSA) is 34.1 Å². The first-order chi connectivity index (χ1) is 7.86. The second-order valence-corrected chi connectivity index (χ2v) is 4.59. The van der Waals surface area contributed by atoms with E-state index in [-0.39, 0.29) is 0 Å². The summed E-state index contributed by atoms with van der Waals surface area (Å²) in [5.41, 5.74) is 2.65. The Kier molecular flexibility index (Phi) is 2.40. The summed E-state index contributed by atoms with van der Waals surface area (Å²) in [6.07, 6.45) is 7.26. The number of ether oxygens (including phenoxy) is 1. The first-order valence-corrected chi connectivity index (χ1v) is 5.77. The van der Waals surface area contributed by atoms with Crippen molar-refractivity contribution >= 4 is 5.57 Å². The van der Waals surface area contributed by atoms with Gasteiger partial charge in [0.2, 0.25) is 0 Å². The number of nitrogens with zero attached hydrogens (tertiary/aromatic N) is 1. The molecule has 0 spiro atoms. The first-order valence-electron chi connectivity index (χ1n) is 5.77. The summed E-state index contributed by atoms with van der Waals surface area (Å²) in [7, 11) is 1.68. The van der Waals surface area contributed by atoms with Gasteiger partial charge in [0.1, 0.15) is 5.75 Å². The first kappa shape index (κ1) is 9.85. The number of fused-ring (bicyclic) bond motifs is 1. The average Bonchev–Trinajstić information content (AvgIpc) is 2.89. The third kappa shape index (κ3) is 1.61. The summed E-state index contributed by atoms with van der Waals surface area (Å²) >= 11 is 0. The summed E-state index contributed by atoms with van der Waals surface area (Å²) in [5.74, 6) is 2.36. The minimum absolute atomic E-state index is 0.723. The molecule has 0 aromatic carbocycles. The van der Waals surface area contributed by atoms with E-state index in [1.807, 2.05) is 6.20 Å². The van der Waals surface area contributed by atoms with Crippen LogP contribution in [0.15, 0.2) is 24.5 Å². The number of rotatable bonds is 2. The minimum atomic E-state index is 0.723. The van der Waals surface area contributed by atoms with E-state index in [0.29, 0.717) is 0 Å². The molecule has 84 valence electrons. The Morgan fingerprint density at radius 1 is 1.38 bits per heavy atom. The zero-order valence-electron chi connectivity index (χ0n) is 9.44. The molecule has 0 unspecified atom stereocenters. The predicted octanol–water partition coefficient (Wildman–Crippen LogP) is 1.71. The maximum Gasteiger partial charge on any atom is 0.137 e. The summed E-state index contributed by atoms with van der Waals surface area (Å²) in [4.78, 5) is 4.21. The largest absolute Gasteiger partial charge is 0.495 e. The smallest absolute Gasteiger partial charge is 0.137 e. The van der Waals surface area contributed by atoms with Crippen LogP contribution in [0.1, 0.15) is 12.0 Å². The van der Waals surface area contributed by atoms with Gasteiger partial charge in [0, 0.05) is 12.7 Å². The van der Waals surface area contributed by atoms with Gasteiger partial charge in [-0.1, -0.05) is 6.08 Å². The molecule has 0 bridgehead atoms. The maximum absolute atomic E-state index is 5.21. The molecule has 1 aromatic rings. The van der Waals surface area contributed by atoms with Gasteiger partial charge >= 0.3 is 0 Å². The number of allylic oxidation sites excluding steroid dienone is 1. The molecule has 2 heterocycles. The van der Waals surface area contributed by atoms with Crippen LogP contribution in [0.25, 0.3) is 5.57 Å². The van der Waals surface area contributed by atoms with Crippen LogP contribution in [-0.4, -0.2) is 25.2 Å². The highest BCUT2D eigenvalue weighted by Crippen LogP contribution is 2.38. The zero-order valence-corrected chi connectivity index (χ0v) is 9.44. The molecule has 2 aliphatic rings. The van der Waals surface area contributed by atoms with Crippen LogP contribution in [-0.2, 0) is 0 Å². The van der Waals surface area contributed by atoms with Crippen molar-refractivity contribution in [1.29, 1.82) is 0 Å². The monoisotopic (exact) mass is 216 g/mol. The van der Waals surface area contributed by atoms with Gasteiger partial charge in [-0.3, -0.25) is 4.98 Å². The molecule has 0 saturated carbocycles. The van der Waals surface area contributed by atoms with Crippen molar-refractivity contribution in [2.75, 3.05) is 20.2 Å². The third-order valence-corrected chi connectivity index (χ3v) is 3.61. The Balaban J connectivity index is 1.87. The van der Waals surface area contributed by atoms with Gasteiger partial charge in [-0.05, 0) is 42.0 Å². The van der Waals surface area contributed by atoms with E-state index in [9.17, 15) is 0 Å². The van der Waals surface area contributed by atoms with Crippen molar-refractivity contribution in [1.82, 2.24) is 10.3 Å². The minimum Gasteiger partial charge on any atom is -0.495 e. The molecule has 1 aromatic heterocycles. The molecular formula is C13H16N2O. The van der Waals surface area contributed by atoms with Crippen LogP contribution < -0.4 is 10.1 Å². The molecular weight excluding hydrogens is 200 g/mol. The van der Waals surface area contributed by atoms with Crippen LogP contribution >= 0.6 is 0 Å². The summed E-state index contributed by atoms with van der Waals surface area (Å²) < 4.78 is 5.21. The van der Waals surface area contributed by atoms with Crippen molar-refractivity contribution in [2.45, 2.75) is 6.42 Å².